The van der Waals surface area contributed by atoms with E-state index in [0.29, 0.717) is 23.3 Å². The maximum Gasteiger partial charge on any atom is 0.285 e. The van der Waals surface area contributed by atoms with E-state index in [2.05, 4.69) is 15.5 Å². The fourth-order valence-corrected chi connectivity index (χ4v) is 4.11. The van der Waals surface area contributed by atoms with E-state index in [-0.39, 0.29) is 11.7 Å². The summed E-state index contributed by atoms with van der Waals surface area (Å²) in [6.45, 7) is 2.27. The van der Waals surface area contributed by atoms with Crippen LogP contribution in [0.15, 0.2) is 69.3 Å². The van der Waals surface area contributed by atoms with Crippen LogP contribution in [0.1, 0.15) is 16.9 Å². The van der Waals surface area contributed by atoms with Crippen molar-refractivity contribution < 1.29 is 13.9 Å². The number of furan rings is 1. The molecule has 4 rings (SSSR count). The largest absolute Gasteiger partial charge is 0.460 e. The van der Waals surface area contributed by atoms with Gasteiger partial charge in [0.15, 0.2) is 10.9 Å². The lowest BCUT2D eigenvalue weighted by molar-refractivity contribution is -0.118. The Labute approximate surface area is 194 Å². The van der Waals surface area contributed by atoms with Gasteiger partial charge < -0.3 is 13.7 Å². The number of hydrazone groups is 1. The molecule has 0 spiro atoms. The maximum atomic E-state index is 12.1. The zero-order valence-corrected chi connectivity index (χ0v) is 19.1. The topological polar surface area (TPSA) is 81.6 Å². The van der Waals surface area contributed by atoms with Gasteiger partial charge in [0.2, 0.25) is 0 Å². The Hall–Kier alpha value is -3.23. The van der Waals surface area contributed by atoms with E-state index >= 15 is 0 Å². The Morgan fingerprint density at radius 3 is 2.91 bits per heavy atom. The van der Waals surface area contributed by atoms with Crippen molar-refractivity contribution in [1.29, 1.82) is 0 Å². The first-order valence-corrected chi connectivity index (χ1v) is 11.2. The van der Waals surface area contributed by atoms with Gasteiger partial charge in [0.25, 0.3) is 11.9 Å². The Morgan fingerprint density at radius 2 is 2.09 bits per heavy atom. The van der Waals surface area contributed by atoms with Gasteiger partial charge in [-0.1, -0.05) is 47.6 Å². The van der Waals surface area contributed by atoms with E-state index in [9.17, 15) is 4.79 Å². The average Bonchev–Trinajstić information content (AvgIpc) is 3.36. The lowest BCUT2D eigenvalue weighted by Gasteiger charge is -2.08. The number of imidazole rings is 1. The van der Waals surface area contributed by atoms with Crippen molar-refractivity contribution in [3.63, 3.8) is 0 Å². The van der Waals surface area contributed by atoms with Gasteiger partial charge >= 0.3 is 0 Å². The van der Waals surface area contributed by atoms with Crippen LogP contribution >= 0.6 is 23.4 Å². The van der Waals surface area contributed by atoms with E-state index in [1.54, 1.807) is 12.1 Å². The van der Waals surface area contributed by atoms with Gasteiger partial charge in [-0.05, 0) is 36.8 Å². The number of thioether (sulfide) groups is 1. The van der Waals surface area contributed by atoms with Crippen molar-refractivity contribution in [2.75, 3.05) is 5.75 Å². The molecule has 9 heteroatoms. The SMILES string of the molecule is Cc1cccc(Cl)c1COc1ccc(/C=N/NC(=O)CSc2nc3ccccc3n2C)o1. The first kappa shape index (κ1) is 22.0. The van der Waals surface area contributed by atoms with E-state index in [4.69, 9.17) is 20.8 Å². The number of aromatic nitrogens is 2. The molecule has 4 aromatic rings. The quantitative estimate of drug-likeness (QED) is 0.225. The van der Waals surface area contributed by atoms with Crippen molar-refractivity contribution in [3.05, 3.63) is 76.5 Å². The first-order chi connectivity index (χ1) is 15.5. The number of benzene rings is 2. The normalized spacial score (nSPS) is 11.3. The lowest BCUT2D eigenvalue weighted by Crippen LogP contribution is -2.19. The minimum absolute atomic E-state index is 0.193. The van der Waals surface area contributed by atoms with Gasteiger partial charge in [0, 0.05) is 23.7 Å². The van der Waals surface area contributed by atoms with Crippen LogP contribution in [0, 0.1) is 6.92 Å². The molecule has 0 radical (unpaired) electrons. The fraction of sp³-hybridized carbons (Fsp3) is 0.174. The van der Waals surface area contributed by atoms with E-state index in [1.165, 1.54) is 18.0 Å². The molecule has 0 saturated carbocycles. The molecule has 0 aliphatic heterocycles. The van der Waals surface area contributed by atoms with E-state index in [1.807, 2.05) is 61.0 Å². The number of nitrogens with zero attached hydrogens (tertiary/aromatic N) is 3. The van der Waals surface area contributed by atoms with Gasteiger partial charge in [0.1, 0.15) is 6.61 Å². The molecule has 1 N–H and O–H groups in total. The average molecular weight is 469 g/mol. The molecule has 2 aromatic heterocycles. The number of halogens is 1. The van der Waals surface area contributed by atoms with Gasteiger partial charge in [-0.2, -0.15) is 5.10 Å². The number of para-hydroxylation sites is 2. The molecule has 0 unspecified atom stereocenters. The Bertz CT molecular complexity index is 1260. The molecule has 0 bridgehead atoms. The van der Waals surface area contributed by atoms with Gasteiger partial charge in [-0.15, -0.1) is 0 Å². The zero-order valence-electron chi connectivity index (χ0n) is 17.5. The third-order valence-electron chi connectivity index (χ3n) is 4.77. The van der Waals surface area contributed by atoms with Crippen LogP contribution in [-0.4, -0.2) is 27.4 Å². The predicted octanol–water partition coefficient (Wildman–Crippen LogP) is 4.95. The molecule has 0 aliphatic carbocycles. The molecular formula is C23H21ClN4O3S. The number of hydrogen-bond donors (Lipinski definition) is 1. The summed E-state index contributed by atoms with van der Waals surface area (Å²) in [5.74, 6) is 0.752. The van der Waals surface area contributed by atoms with Gasteiger partial charge in [0.05, 0.1) is 23.0 Å². The van der Waals surface area contributed by atoms with Gasteiger partial charge in [-0.25, -0.2) is 10.4 Å². The molecule has 0 aliphatic rings. The second-order valence-corrected chi connectivity index (χ2v) is 8.35. The summed E-state index contributed by atoms with van der Waals surface area (Å²) in [6.07, 6.45) is 1.42. The van der Waals surface area contributed by atoms with Crippen molar-refractivity contribution in [3.8, 4) is 5.95 Å². The highest BCUT2D eigenvalue weighted by Crippen LogP contribution is 2.23. The first-order valence-electron chi connectivity index (χ1n) is 9.84. The highest BCUT2D eigenvalue weighted by atomic mass is 35.5. The summed E-state index contributed by atoms with van der Waals surface area (Å²) in [7, 11) is 1.93. The minimum Gasteiger partial charge on any atom is -0.460 e. The summed E-state index contributed by atoms with van der Waals surface area (Å²) in [5.41, 5.74) is 6.37. The van der Waals surface area contributed by atoms with Gasteiger partial charge in [-0.3, -0.25) is 4.79 Å². The number of amides is 1. The number of fused-ring (bicyclic) bond motifs is 1. The summed E-state index contributed by atoms with van der Waals surface area (Å²) in [5, 5.41) is 5.36. The lowest BCUT2D eigenvalue weighted by atomic mass is 10.1. The van der Waals surface area contributed by atoms with Crippen LogP contribution in [-0.2, 0) is 18.4 Å². The second kappa shape index (κ2) is 9.93. The third-order valence-corrected chi connectivity index (χ3v) is 6.16. The Morgan fingerprint density at radius 1 is 1.25 bits per heavy atom. The van der Waals surface area contributed by atoms with Crippen LogP contribution in [0.5, 0.6) is 5.95 Å². The van der Waals surface area contributed by atoms with Crippen molar-refractivity contribution in [2.45, 2.75) is 18.7 Å². The maximum absolute atomic E-state index is 12.1. The molecule has 2 heterocycles. The van der Waals surface area contributed by atoms with Crippen molar-refractivity contribution >= 4 is 46.5 Å². The molecule has 0 atom stereocenters. The van der Waals surface area contributed by atoms with Crippen LogP contribution in [0.2, 0.25) is 5.02 Å². The summed E-state index contributed by atoms with van der Waals surface area (Å²) >= 11 is 7.56. The second-order valence-electron chi connectivity index (χ2n) is 7.00. The number of nitrogens with one attached hydrogen (secondary N) is 1. The molecular weight excluding hydrogens is 448 g/mol. The zero-order chi connectivity index (χ0) is 22.5. The number of ether oxygens (including phenoxy) is 1. The Kier molecular flexibility index (Phi) is 6.82. The molecule has 32 heavy (non-hydrogen) atoms. The van der Waals surface area contributed by atoms with Crippen molar-refractivity contribution in [2.24, 2.45) is 12.1 Å². The number of carbonyl (C=O) groups is 1. The minimum atomic E-state index is -0.240. The third kappa shape index (κ3) is 5.15. The molecule has 0 fully saturated rings. The molecule has 1 amide bonds. The molecule has 7 nitrogen and oxygen atoms in total. The summed E-state index contributed by atoms with van der Waals surface area (Å²) in [4.78, 5) is 16.6. The predicted molar refractivity (Wildman–Crippen MR) is 126 cm³/mol. The highest BCUT2D eigenvalue weighted by Gasteiger charge is 2.10. The van der Waals surface area contributed by atoms with Crippen molar-refractivity contribution in [1.82, 2.24) is 15.0 Å². The molecule has 0 saturated heterocycles. The van der Waals surface area contributed by atoms with Crippen LogP contribution < -0.4 is 10.2 Å². The smallest absolute Gasteiger partial charge is 0.285 e. The number of hydrogen-bond acceptors (Lipinski definition) is 6. The summed E-state index contributed by atoms with van der Waals surface area (Å²) in [6, 6.07) is 16.9. The highest BCUT2D eigenvalue weighted by molar-refractivity contribution is 7.99. The van der Waals surface area contributed by atoms with E-state index < -0.39 is 0 Å². The number of carbonyl (C=O) groups excluding carboxylic acids is 1. The molecule has 164 valence electrons. The fourth-order valence-electron chi connectivity index (χ4n) is 3.06. The van der Waals surface area contributed by atoms with Crippen LogP contribution in [0.4, 0.5) is 0 Å². The van der Waals surface area contributed by atoms with Crippen LogP contribution in [0.25, 0.3) is 11.0 Å². The van der Waals surface area contributed by atoms with E-state index in [0.717, 1.165) is 27.3 Å². The monoisotopic (exact) mass is 468 g/mol. The number of rotatable bonds is 8. The summed E-state index contributed by atoms with van der Waals surface area (Å²) < 4.78 is 13.2. The number of aryl methyl sites for hydroxylation is 2. The standard InChI is InChI=1S/C23H21ClN4O3S/c1-15-6-5-7-18(24)17(15)13-30-22-11-10-16(31-22)12-25-27-21(29)14-32-23-26-19-8-3-4-9-20(19)28(23)2/h3-12H,13-14H2,1-2H3,(H,27,29)/b25-12+. The Balaban J connectivity index is 1.26. The molecule has 2 aromatic carbocycles. The van der Waals surface area contributed by atoms with Crippen LogP contribution in [0.3, 0.4) is 0 Å².